The third-order valence-electron chi connectivity index (χ3n) is 3.11. The minimum Gasteiger partial charge on any atom is -0.470 e. The van der Waals surface area contributed by atoms with Crippen LogP contribution >= 0.6 is 0 Å². The SMILES string of the molecule is O=C1NC(CCc2cccnc2)Oc2ccccc21. The van der Waals surface area contributed by atoms with Crippen LogP contribution in [-0.2, 0) is 6.42 Å². The Labute approximate surface area is 111 Å². The Hall–Kier alpha value is -2.36. The molecule has 0 aliphatic carbocycles. The molecule has 0 fully saturated rings. The highest BCUT2D eigenvalue weighted by Crippen LogP contribution is 2.23. The van der Waals surface area contributed by atoms with Crippen LogP contribution in [0.1, 0.15) is 22.3 Å². The van der Waals surface area contributed by atoms with Crippen molar-refractivity contribution in [3.63, 3.8) is 0 Å². The molecule has 0 bridgehead atoms. The quantitative estimate of drug-likeness (QED) is 0.913. The number of fused-ring (bicyclic) bond motifs is 1. The molecule has 2 aromatic rings. The first-order valence-electron chi connectivity index (χ1n) is 6.28. The van der Waals surface area contributed by atoms with Gasteiger partial charge in [-0.05, 0) is 30.2 Å². The van der Waals surface area contributed by atoms with Gasteiger partial charge in [-0.1, -0.05) is 18.2 Å². The average Bonchev–Trinajstić information content (AvgIpc) is 2.46. The van der Waals surface area contributed by atoms with Crippen molar-refractivity contribution in [2.24, 2.45) is 0 Å². The minimum atomic E-state index is -0.275. The summed E-state index contributed by atoms with van der Waals surface area (Å²) >= 11 is 0. The van der Waals surface area contributed by atoms with Crippen molar-refractivity contribution in [1.29, 1.82) is 0 Å². The van der Waals surface area contributed by atoms with Gasteiger partial charge < -0.3 is 10.1 Å². The van der Waals surface area contributed by atoms with Gasteiger partial charge in [-0.15, -0.1) is 0 Å². The van der Waals surface area contributed by atoms with Crippen LogP contribution in [0.25, 0.3) is 0 Å². The second-order valence-corrected chi connectivity index (χ2v) is 4.48. The fraction of sp³-hybridized carbons (Fsp3) is 0.200. The first kappa shape index (κ1) is 11.7. The Kier molecular flexibility index (Phi) is 3.14. The van der Waals surface area contributed by atoms with E-state index in [2.05, 4.69) is 10.3 Å². The number of ether oxygens (including phenoxy) is 1. The van der Waals surface area contributed by atoms with Crippen molar-refractivity contribution in [3.05, 3.63) is 59.9 Å². The molecule has 1 aliphatic heterocycles. The summed E-state index contributed by atoms with van der Waals surface area (Å²) in [7, 11) is 0. The lowest BCUT2D eigenvalue weighted by Gasteiger charge is -2.26. The molecule has 1 N–H and O–H groups in total. The first-order valence-corrected chi connectivity index (χ1v) is 6.28. The van der Waals surface area contributed by atoms with Crippen LogP contribution in [0.3, 0.4) is 0 Å². The molecule has 4 nitrogen and oxygen atoms in total. The molecular formula is C15H14N2O2. The van der Waals surface area contributed by atoms with E-state index in [1.165, 1.54) is 0 Å². The number of aromatic nitrogens is 1. The third-order valence-corrected chi connectivity index (χ3v) is 3.11. The van der Waals surface area contributed by atoms with Crippen molar-refractivity contribution in [2.75, 3.05) is 0 Å². The zero-order valence-electron chi connectivity index (χ0n) is 10.4. The van der Waals surface area contributed by atoms with Crippen LogP contribution < -0.4 is 10.1 Å². The van der Waals surface area contributed by atoms with Crippen molar-refractivity contribution < 1.29 is 9.53 Å². The van der Waals surface area contributed by atoms with Gasteiger partial charge in [-0.3, -0.25) is 9.78 Å². The van der Waals surface area contributed by atoms with Crippen LogP contribution in [0.15, 0.2) is 48.8 Å². The van der Waals surface area contributed by atoms with Gasteiger partial charge in [0.1, 0.15) is 5.75 Å². The number of carbonyl (C=O) groups is 1. The molecule has 0 saturated carbocycles. The van der Waals surface area contributed by atoms with Crippen LogP contribution in [0.2, 0.25) is 0 Å². The van der Waals surface area contributed by atoms with Crippen molar-refractivity contribution in [3.8, 4) is 5.75 Å². The summed E-state index contributed by atoms with van der Waals surface area (Å²) in [6.45, 7) is 0. The van der Waals surface area contributed by atoms with E-state index in [1.54, 1.807) is 12.3 Å². The standard InChI is InChI=1S/C15H14N2O2/c18-15-12-5-1-2-6-13(12)19-14(17-15)8-7-11-4-3-9-16-10-11/h1-6,9-10,14H,7-8H2,(H,17,18). The largest absolute Gasteiger partial charge is 0.470 e. The number of nitrogens with one attached hydrogen (secondary N) is 1. The number of carbonyl (C=O) groups excluding carboxylic acids is 1. The topological polar surface area (TPSA) is 51.2 Å². The number of rotatable bonds is 3. The van der Waals surface area contributed by atoms with Crippen LogP contribution in [0, 0.1) is 0 Å². The zero-order valence-corrected chi connectivity index (χ0v) is 10.4. The molecule has 3 rings (SSSR count). The summed E-state index contributed by atoms with van der Waals surface area (Å²) in [6.07, 6.45) is 4.85. The number of hydrogen-bond acceptors (Lipinski definition) is 3. The maximum atomic E-state index is 11.9. The molecule has 1 atom stereocenters. The van der Waals surface area contributed by atoms with E-state index in [4.69, 9.17) is 4.74 Å². The molecule has 4 heteroatoms. The second kappa shape index (κ2) is 5.10. The summed E-state index contributed by atoms with van der Waals surface area (Å²) in [5.41, 5.74) is 1.74. The Morgan fingerprint density at radius 3 is 2.95 bits per heavy atom. The molecule has 1 aromatic heterocycles. The minimum absolute atomic E-state index is 0.0713. The smallest absolute Gasteiger partial charge is 0.257 e. The fourth-order valence-corrected chi connectivity index (χ4v) is 2.14. The number of amides is 1. The van der Waals surface area contributed by atoms with Gasteiger partial charge in [0.05, 0.1) is 5.56 Å². The highest BCUT2D eigenvalue weighted by molar-refractivity contribution is 5.97. The molecule has 1 amide bonds. The van der Waals surface area contributed by atoms with Crippen LogP contribution in [0.5, 0.6) is 5.75 Å². The molecule has 96 valence electrons. The van der Waals surface area contributed by atoms with Gasteiger partial charge in [0.25, 0.3) is 5.91 Å². The number of pyridine rings is 1. The molecular weight excluding hydrogens is 240 g/mol. The van der Waals surface area contributed by atoms with Crippen molar-refractivity contribution in [2.45, 2.75) is 19.1 Å². The molecule has 0 radical (unpaired) electrons. The first-order chi connectivity index (χ1) is 9.33. The summed E-state index contributed by atoms with van der Waals surface area (Å²) < 4.78 is 5.77. The van der Waals surface area contributed by atoms with Gasteiger partial charge in [0, 0.05) is 18.8 Å². The number of hydrogen-bond donors (Lipinski definition) is 1. The van der Waals surface area contributed by atoms with Gasteiger partial charge in [0.15, 0.2) is 6.23 Å². The van der Waals surface area contributed by atoms with Crippen LogP contribution in [-0.4, -0.2) is 17.1 Å². The van der Waals surface area contributed by atoms with Gasteiger partial charge in [-0.25, -0.2) is 0 Å². The third kappa shape index (κ3) is 2.57. The monoisotopic (exact) mass is 254 g/mol. The lowest BCUT2D eigenvalue weighted by Crippen LogP contribution is -2.43. The number of benzene rings is 1. The lowest BCUT2D eigenvalue weighted by atomic mass is 10.1. The highest BCUT2D eigenvalue weighted by atomic mass is 16.5. The Balaban J connectivity index is 1.67. The molecule has 0 spiro atoms. The zero-order chi connectivity index (χ0) is 13.1. The number of para-hydroxylation sites is 1. The predicted octanol–water partition coefficient (Wildman–Crippen LogP) is 2.16. The van der Waals surface area contributed by atoms with Gasteiger partial charge in [-0.2, -0.15) is 0 Å². The van der Waals surface area contributed by atoms with E-state index in [9.17, 15) is 4.79 Å². The van der Waals surface area contributed by atoms with E-state index in [1.807, 2.05) is 36.5 Å². The summed E-state index contributed by atoms with van der Waals surface area (Å²) in [4.78, 5) is 16.0. The predicted molar refractivity (Wildman–Crippen MR) is 70.9 cm³/mol. The van der Waals surface area contributed by atoms with E-state index in [-0.39, 0.29) is 12.1 Å². The van der Waals surface area contributed by atoms with E-state index in [0.717, 1.165) is 18.4 Å². The summed E-state index contributed by atoms with van der Waals surface area (Å²) in [5.74, 6) is 0.584. The van der Waals surface area contributed by atoms with Gasteiger partial charge in [0.2, 0.25) is 0 Å². The Morgan fingerprint density at radius 1 is 1.21 bits per heavy atom. The van der Waals surface area contributed by atoms with Crippen molar-refractivity contribution in [1.82, 2.24) is 10.3 Å². The fourth-order valence-electron chi connectivity index (χ4n) is 2.14. The molecule has 1 aromatic carbocycles. The summed E-state index contributed by atoms with van der Waals surface area (Å²) in [5, 5.41) is 2.86. The maximum Gasteiger partial charge on any atom is 0.257 e. The van der Waals surface area contributed by atoms with Crippen LogP contribution in [0.4, 0.5) is 0 Å². The Morgan fingerprint density at radius 2 is 2.11 bits per heavy atom. The van der Waals surface area contributed by atoms with Gasteiger partial charge >= 0.3 is 0 Å². The number of aryl methyl sites for hydroxylation is 1. The normalized spacial score (nSPS) is 17.3. The van der Waals surface area contributed by atoms with Crippen molar-refractivity contribution >= 4 is 5.91 Å². The van der Waals surface area contributed by atoms with E-state index in [0.29, 0.717) is 11.3 Å². The second-order valence-electron chi connectivity index (χ2n) is 4.48. The number of nitrogens with zero attached hydrogens (tertiary/aromatic N) is 1. The van der Waals surface area contributed by atoms with E-state index < -0.39 is 0 Å². The maximum absolute atomic E-state index is 11.9. The molecule has 1 aliphatic rings. The molecule has 0 saturated heterocycles. The molecule has 19 heavy (non-hydrogen) atoms. The molecule has 2 heterocycles. The molecule has 1 unspecified atom stereocenters. The van der Waals surface area contributed by atoms with E-state index >= 15 is 0 Å². The summed E-state index contributed by atoms with van der Waals surface area (Å²) in [6, 6.07) is 11.2. The lowest BCUT2D eigenvalue weighted by molar-refractivity contribution is 0.0741. The highest BCUT2D eigenvalue weighted by Gasteiger charge is 2.24. The average molecular weight is 254 g/mol. The Bertz CT molecular complexity index is 584.